The van der Waals surface area contributed by atoms with Crippen LogP contribution in [0.4, 0.5) is 5.69 Å². The Morgan fingerprint density at radius 1 is 1.10 bits per heavy atom. The molecule has 1 aliphatic rings. The van der Waals surface area contributed by atoms with Crippen LogP contribution in [0.5, 0.6) is 5.75 Å². The lowest BCUT2D eigenvalue weighted by Gasteiger charge is -2.25. The summed E-state index contributed by atoms with van der Waals surface area (Å²) >= 11 is 1.55. The smallest absolute Gasteiger partial charge is 0.257 e. The first-order valence-electron chi connectivity index (χ1n) is 9.60. The molecule has 0 bridgehead atoms. The van der Waals surface area contributed by atoms with Crippen molar-refractivity contribution in [3.63, 3.8) is 0 Å². The fourth-order valence-corrected chi connectivity index (χ4v) is 5.07. The average molecular weight is 409 g/mol. The van der Waals surface area contributed by atoms with Crippen molar-refractivity contribution in [1.29, 1.82) is 0 Å². The number of amides is 1. The van der Waals surface area contributed by atoms with E-state index in [2.05, 4.69) is 17.4 Å². The Hall–Kier alpha value is -2.54. The first-order valence-corrected chi connectivity index (χ1v) is 10.5. The second kappa shape index (κ2) is 8.45. The number of nitrogens with one attached hydrogen (secondary N) is 1. The third kappa shape index (κ3) is 3.71. The Morgan fingerprint density at radius 3 is 2.59 bits per heavy atom. The number of aliphatic hydroxyl groups excluding tert-OH is 1. The van der Waals surface area contributed by atoms with E-state index in [1.54, 1.807) is 23.8 Å². The zero-order valence-electron chi connectivity index (χ0n) is 16.5. The number of carbonyl (C=O) groups is 1. The van der Waals surface area contributed by atoms with E-state index < -0.39 is 11.4 Å². The van der Waals surface area contributed by atoms with Crippen LogP contribution in [0.2, 0.25) is 0 Å². The first kappa shape index (κ1) is 19.8. The molecule has 0 radical (unpaired) electrons. The van der Waals surface area contributed by atoms with Crippen molar-refractivity contribution in [1.82, 2.24) is 5.32 Å². The maximum Gasteiger partial charge on any atom is 0.257 e. The molecule has 0 unspecified atom stereocenters. The fourth-order valence-electron chi connectivity index (χ4n) is 3.67. The molecule has 29 heavy (non-hydrogen) atoms. The zero-order chi connectivity index (χ0) is 20.4. The number of aliphatic hydroxyl groups is 1. The molecule has 3 aromatic carbocycles. The van der Waals surface area contributed by atoms with E-state index in [9.17, 15) is 9.90 Å². The van der Waals surface area contributed by atoms with E-state index in [1.807, 2.05) is 55.6 Å². The second-order valence-electron chi connectivity index (χ2n) is 6.98. The minimum atomic E-state index is -1.14. The summed E-state index contributed by atoms with van der Waals surface area (Å²) in [6.07, 6.45) is -1.14. The van der Waals surface area contributed by atoms with Crippen molar-refractivity contribution in [2.75, 3.05) is 32.1 Å². The van der Waals surface area contributed by atoms with Crippen LogP contribution in [0.15, 0.2) is 65.6 Å². The maximum atomic E-state index is 13.3. The van der Waals surface area contributed by atoms with Crippen LogP contribution in [0.3, 0.4) is 0 Å². The van der Waals surface area contributed by atoms with Gasteiger partial charge in [-0.1, -0.05) is 42.5 Å². The number of methoxy groups -OCH3 is 1. The van der Waals surface area contributed by atoms with Crippen LogP contribution in [-0.2, 0) is 4.79 Å². The number of fused-ring (bicyclic) bond motifs is 3. The molecule has 0 aromatic heterocycles. The predicted molar refractivity (Wildman–Crippen MR) is 118 cm³/mol. The van der Waals surface area contributed by atoms with Crippen molar-refractivity contribution >= 4 is 34.1 Å². The van der Waals surface area contributed by atoms with Gasteiger partial charge in [-0.2, -0.15) is 0 Å². The summed E-state index contributed by atoms with van der Waals surface area (Å²) in [6, 6.07) is 19.7. The second-order valence-corrected chi connectivity index (χ2v) is 8.14. The van der Waals surface area contributed by atoms with Gasteiger partial charge in [-0.15, -0.1) is 11.8 Å². The molecule has 0 spiro atoms. The molecular formula is C23H24N2O3S. The maximum absolute atomic E-state index is 13.3. The van der Waals surface area contributed by atoms with Crippen molar-refractivity contribution in [3.8, 4) is 5.75 Å². The molecule has 4 rings (SSSR count). The van der Waals surface area contributed by atoms with E-state index in [0.29, 0.717) is 13.1 Å². The summed E-state index contributed by atoms with van der Waals surface area (Å²) < 4.78 is 5.25. The molecule has 1 aliphatic heterocycles. The summed E-state index contributed by atoms with van der Waals surface area (Å²) in [5.74, 6) is 0.470. The van der Waals surface area contributed by atoms with Gasteiger partial charge in [0.25, 0.3) is 5.91 Å². The summed E-state index contributed by atoms with van der Waals surface area (Å²) in [5.41, 5.74) is 1.75. The van der Waals surface area contributed by atoms with Gasteiger partial charge in [-0.3, -0.25) is 4.79 Å². The van der Waals surface area contributed by atoms with Gasteiger partial charge in [0.2, 0.25) is 0 Å². The number of hydrogen-bond acceptors (Lipinski definition) is 5. The molecule has 5 nitrogen and oxygen atoms in total. The van der Waals surface area contributed by atoms with E-state index in [-0.39, 0.29) is 5.91 Å². The predicted octanol–water partition coefficient (Wildman–Crippen LogP) is 3.61. The first-order chi connectivity index (χ1) is 14.1. The van der Waals surface area contributed by atoms with Crippen molar-refractivity contribution in [2.45, 2.75) is 16.2 Å². The SMILES string of the molecule is CNCCN1C(=O)[C@H](O)[C@H](c2ccc(OC)cc2)Sc2c1ccc1ccccc21. The zero-order valence-corrected chi connectivity index (χ0v) is 17.3. The lowest BCUT2D eigenvalue weighted by Crippen LogP contribution is -2.43. The van der Waals surface area contributed by atoms with Gasteiger partial charge < -0.3 is 20.1 Å². The summed E-state index contributed by atoms with van der Waals surface area (Å²) in [7, 11) is 3.48. The van der Waals surface area contributed by atoms with Crippen LogP contribution in [-0.4, -0.2) is 44.4 Å². The quantitative estimate of drug-likeness (QED) is 0.675. The molecule has 1 heterocycles. The van der Waals surface area contributed by atoms with Crippen LogP contribution < -0.4 is 15.0 Å². The van der Waals surface area contributed by atoms with Gasteiger partial charge in [0.1, 0.15) is 11.9 Å². The van der Waals surface area contributed by atoms with Gasteiger partial charge in [0.05, 0.1) is 18.0 Å². The molecule has 150 valence electrons. The number of rotatable bonds is 5. The highest BCUT2D eigenvalue weighted by Gasteiger charge is 2.37. The molecule has 3 aromatic rings. The Balaban J connectivity index is 1.86. The van der Waals surface area contributed by atoms with E-state index in [0.717, 1.165) is 32.7 Å². The highest BCUT2D eigenvalue weighted by molar-refractivity contribution is 8.00. The van der Waals surface area contributed by atoms with Crippen LogP contribution in [0.1, 0.15) is 10.8 Å². The third-order valence-electron chi connectivity index (χ3n) is 5.23. The molecule has 2 atom stereocenters. The summed E-state index contributed by atoms with van der Waals surface area (Å²) in [5, 5.41) is 15.9. The molecule has 0 aliphatic carbocycles. The molecule has 0 saturated heterocycles. The number of benzene rings is 3. The van der Waals surface area contributed by atoms with Gasteiger partial charge in [-0.05, 0) is 41.6 Å². The molecule has 0 saturated carbocycles. The number of carbonyl (C=O) groups excluding carboxylic acids is 1. The standard InChI is InChI=1S/C23H24N2O3S/c1-24-13-14-25-19-12-9-15-5-3-4-6-18(15)22(19)29-21(20(26)23(25)27)16-7-10-17(28-2)11-8-16/h3-12,20-21,24,26H,13-14H2,1-2H3/t20-,21+/m1/s1. The Bertz CT molecular complexity index is 1020. The molecule has 2 N–H and O–H groups in total. The number of likely N-dealkylation sites (N-methyl/N-ethyl adjacent to an activating group) is 1. The van der Waals surface area contributed by atoms with Gasteiger partial charge in [0.15, 0.2) is 0 Å². The van der Waals surface area contributed by atoms with Crippen LogP contribution in [0.25, 0.3) is 10.8 Å². The normalized spacial score (nSPS) is 19.1. The average Bonchev–Trinajstić information content (AvgIpc) is 2.87. The van der Waals surface area contributed by atoms with Crippen molar-refractivity contribution in [2.24, 2.45) is 0 Å². The van der Waals surface area contributed by atoms with E-state index >= 15 is 0 Å². The number of hydrogen-bond donors (Lipinski definition) is 2. The van der Waals surface area contributed by atoms with Crippen LogP contribution in [0, 0.1) is 0 Å². The molecule has 6 heteroatoms. The van der Waals surface area contributed by atoms with E-state index in [1.165, 1.54) is 0 Å². The van der Waals surface area contributed by atoms with Crippen molar-refractivity contribution in [3.05, 3.63) is 66.2 Å². The summed E-state index contributed by atoms with van der Waals surface area (Å²) in [4.78, 5) is 16.0. The Kier molecular flexibility index (Phi) is 5.76. The minimum Gasteiger partial charge on any atom is -0.497 e. The summed E-state index contributed by atoms with van der Waals surface area (Å²) in [6.45, 7) is 1.14. The Morgan fingerprint density at radius 2 is 1.86 bits per heavy atom. The fraction of sp³-hybridized carbons (Fsp3) is 0.261. The lowest BCUT2D eigenvalue weighted by molar-refractivity contribution is -0.126. The van der Waals surface area contributed by atoms with Gasteiger partial charge in [0, 0.05) is 18.0 Å². The van der Waals surface area contributed by atoms with Gasteiger partial charge >= 0.3 is 0 Å². The van der Waals surface area contributed by atoms with Gasteiger partial charge in [-0.25, -0.2) is 0 Å². The Labute approximate surface area is 174 Å². The lowest BCUT2D eigenvalue weighted by atomic mass is 10.1. The van der Waals surface area contributed by atoms with E-state index in [4.69, 9.17) is 4.74 Å². The number of ether oxygens (including phenoxy) is 1. The number of thioether (sulfide) groups is 1. The highest BCUT2D eigenvalue weighted by Crippen LogP contribution is 2.48. The third-order valence-corrected chi connectivity index (χ3v) is 6.68. The highest BCUT2D eigenvalue weighted by atomic mass is 32.2. The number of nitrogens with zero attached hydrogens (tertiary/aromatic N) is 1. The topological polar surface area (TPSA) is 61.8 Å². The number of anilines is 1. The molecular weight excluding hydrogens is 384 g/mol. The largest absolute Gasteiger partial charge is 0.497 e. The van der Waals surface area contributed by atoms with Crippen LogP contribution >= 0.6 is 11.8 Å². The molecule has 0 fully saturated rings. The minimum absolute atomic E-state index is 0.275. The van der Waals surface area contributed by atoms with Crippen molar-refractivity contribution < 1.29 is 14.6 Å². The molecule has 1 amide bonds. The monoisotopic (exact) mass is 408 g/mol.